The van der Waals surface area contributed by atoms with Gasteiger partial charge in [-0.15, -0.1) is 10.2 Å². The minimum Gasteiger partial charge on any atom is -0.387 e. The van der Waals surface area contributed by atoms with Crippen LogP contribution in [0.25, 0.3) is 27.5 Å². The second-order valence-corrected chi connectivity index (χ2v) is 9.27. The molecule has 0 spiro atoms. The Bertz CT molecular complexity index is 1260. The molecule has 0 bridgehead atoms. The van der Waals surface area contributed by atoms with Crippen LogP contribution in [0.15, 0.2) is 36.7 Å². The van der Waals surface area contributed by atoms with Gasteiger partial charge >= 0.3 is 0 Å². The smallest absolute Gasteiger partial charge is 0.151 e. The van der Waals surface area contributed by atoms with Gasteiger partial charge in [-0.2, -0.15) is 10.4 Å². The van der Waals surface area contributed by atoms with E-state index in [2.05, 4.69) is 40.5 Å². The molecule has 7 nitrogen and oxygen atoms in total. The molecule has 0 radical (unpaired) electrons. The van der Waals surface area contributed by atoms with Gasteiger partial charge in [0.05, 0.1) is 34.2 Å². The Morgan fingerprint density at radius 2 is 1.83 bits per heavy atom. The summed E-state index contributed by atoms with van der Waals surface area (Å²) < 4.78 is 1.80. The minimum atomic E-state index is 0.538. The summed E-state index contributed by atoms with van der Waals surface area (Å²) in [7, 11) is 1.90. The molecule has 0 unspecified atom stereocenters. The number of hydrogen-bond acceptors (Lipinski definition) is 7. The standard InChI is InChI=1S/C22H21N7S.C3H8.C2H6/c1-24-18-10-19(20-8-7-16-9-14(11-23)12-26-29(16)20)25-13-17(18)22-28-27-21(30-22)15-5-3-2-4-6-15;1-3-2;1-2/h7-10,12-13,15H,2-6H2,1H3,(H,24,25);3H2,1-2H3;1-2H3. The number of pyridine rings is 1. The second-order valence-electron chi connectivity index (χ2n) is 8.26. The SMILES string of the molecule is CC.CCC.CNc1cc(-c2ccc3cc(C#N)cnn23)ncc1-c1nnc(C2CCCCC2)s1. The molecule has 1 aliphatic carbocycles. The molecule has 8 heteroatoms. The molecule has 0 aromatic carbocycles. The minimum absolute atomic E-state index is 0.538. The van der Waals surface area contributed by atoms with Crippen molar-refractivity contribution < 1.29 is 0 Å². The lowest BCUT2D eigenvalue weighted by atomic mass is 9.90. The highest BCUT2D eigenvalue weighted by molar-refractivity contribution is 7.14. The predicted molar refractivity (Wildman–Crippen MR) is 145 cm³/mol. The molecule has 1 saturated carbocycles. The van der Waals surface area contributed by atoms with Crippen LogP contribution in [0.5, 0.6) is 0 Å². The van der Waals surface area contributed by atoms with E-state index in [0.29, 0.717) is 11.5 Å². The number of hydrogen-bond donors (Lipinski definition) is 1. The maximum atomic E-state index is 9.08. The van der Waals surface area contributed by atoms with Gasteiger partial charge in [-0.3, -0.25) is 4.98 Å². The lowest BCUT2D eigenvalue weighted by Gasteiger charge is -2.18. The normalized spacial score (nSPS) is 13.3. The van der Waals surface area contributed by atoms with Gasteiger partial charge in [0.25, 0.3) is 0 Å². The molecular formula is C27H35N7S. The third-order valence-electron chi connectivity index (χ3n) is 5.69. The molecule has 4 aromatic heterocycles. The van der Waals surface area contributed by atoms with Crippen molar-refractivity contribution in [2.75, 3.05) is 12.4 Å². The van der Waals surface area contributed by atoms with Crippen LogP contribution in [0.2, 0.25) is 0 Å². The van der Waals surface area contributed by atoms with Gasteiger partial charge in [-0.1, -0.05) is 64.7 Å². The monoisotopic (exact) mass is 489 g/mol. The third-order valence-corrected chi connectivity index (χ3v) is 6.81. The Balaban J connectivity index is 0.000000638. The average molecular weight is 490 g/mol. The highest BCUT2D eigenvalue weighted by Crippen LogP contribution is 2.38. The lowest BCUT2D eigenvalue weighted by molar-refractivity contribution is 0.440. The van der Waals surface area contributed by atoms with Crippen molar-refractivity contribution in [3.8, 4) is 28.0 Å². The maximum absolute atomic E-state index is 9.08. The van der Waals surface area contributed by atoms with Gasteiger partial charge in [-0.05, 0) is 37.1 Å². The van der Waals surface area contributed by atoms with Gasteiger partial charge in [0, 0.05) is 24.8 Å². The molecule has 0 saturated heterocycles. The van der Waals surface area contributed by atoms with E-state index in [-0.39, 0.29) is 0 Å². The predicted octanol–water partition coefficient (Wildman–Crippen LogP) is 7.32. The van der Waals surface area contributed by atoms with Crippen LogP contribution in [0.3, 0.4) is 0 Å². The van der Waals surface area contributed by atoms with E-state index in [1.807, 2.05) is 51.4 Å². The zero-order chi connectivity index (χ0) is 25.2. The number of nitrogens with one attached hydrogen (secondary N) is 1. The van der Waals surface area contributed by atoms with E-state index >= 15 is 0 Å². The molecule has 0 atom stereocenters. The maximum Gasteiger partial charge on any atom is 0.151 e. The molecule has 4 aromatic rings. The number of aromatic nitrogens is 5. The van der Waals surface area contributed by atoms with Crippen LogP contribution in [-0.2, 0) is 0 Å². The number of fused-ring (bicyclic) bond motifs is 1. The largest absolute Gasteiger partial charge is 0.387 e. The molecule has 5 rings (SSSR count). The lowest BCUT2D eigenvalue weighted by Crippen LogP contribution is -2.03. The summed E-state index contributed by atoms with van der Waals surface area (Å²) in [6.07, 6.45) is 11.0. The molecule has 1 N–H and O–H groups in total. The molecule has 1 fully saturated rings. The van der Waals surface area contributed by atoms with E-state index in [9.17, 15) is 0 Å². The Hall–Kier alpha value is -3.31. The summed E-state index contributed by atoms with van der Waals surface area (Å²) in [6, 6.07) is 9.87. The van der Waals surface area contributed by atoms with Crippen molar-refractivity contribution in [3.63, 3.8) is 0 Å². The Labute approximate surface area is 212 Å². The summed E-state index contributed by atoms with van der Waals surface area (Å²) in [6.45, 7) is 8.25. The highest BCUT2D eigenvalue weighted by atomic mass is 32.1. The zero-order valence-corrected chi connectivity index (χ0v) is 22.2. The number of anilines is 1. The number of nitriles is 1. The molecule has 35 heavy (non-hydrogen) atoms. The van der Waals surface area contributed by atoms with Crippen LogP contribution in [0, 0.1) is 11.3 Å². The first-order valence-corrected chi connectivity index (χ1v) is 13.4. The molecule has 0 amide bonds. The molecule has 0 aliphatic heterocycles. The molecule has 1 aliphatic rings. The summed E-state index contributed by atoms with van der Waals surface area (Å²) in [4.78, 5) is 4.69. The first-order valence-electron chi connectivity index (χ1n) is 12.6. The van der Waals surface area contributed by atoms with Crippen molar-refractivity contribution in [3.05, 3.63) is 47.2 Å². The van der Waals surface area contributed by atoms with E-state index in [1.165, 1.54) is 38.5 Å². The first-order chi connectivity index (χ1) is 17.2. The van der Waals surface area contributed by atoms with Gasteiger partial charge in [0.2, 0.25) is 0 Å². The van der Waals surface area contributed by atoms with Crippen LogP contribution in [-0.4, -0.2) is 31.8 Å². The van der Waals surface area contributed by atoms with Crippen LogP contribution < -0.4 is 5.32 Å². The first kappa shape index (κ1) is 26.3. The summed E-state index contributed by atoms with van der Waals surface area (Å²) in [5.41, 5.74) is 4.99. The van der Waals surface area contributed by atoms with Crippen molar-refractivity contribution >= 4 is 22.5 Å². The van der Waals surface area contributed by atoms with Crippen LogP contribution in [0.4, 0.5) is 5.69 Å². The van der Waals surface area contributed by atoms with E-state index in [1.54, 1.807) is 22.0 Å². The number of nitrogens with zero attached hydrogens (tertiary/aromatic N) is 6. The van der Waals surface area contributed by atoms with E-state index in [4.69, 9.17) is 10.2 Å². The van der Waals surface area contributed by atoms with Gasteiger partial charge in [0.1, 0.15) is 11.1 Å². The van der Waals surface area contributed by atoms with E-state index in [0.717, 1.165) is 38.2 Å². The van der Waals surface area contributed by atoms with Crippen molar-refractivity contribution in [1.82, 2.24) is 24.8 Å². The summed E-state index contributed by atoms with van der Waals surface area (Å²) >= 11 is 1.68. The fraction of sp³-hybridized carbons (Fsp3) is 0.444. The Morgan fingerprint density at radius 1 is 1.09 bits per heavy atom. The topological polar surface area (TPSA) is 91.8 Å². The van der Waals surface area contributed by atoms with Crippen molar-refractivity contribution in [1.29, 1.82) is 5.26 Å². The summed E-state index contributed by atoms with van der Waals surface area (Å²) in [5.74, 6) is 0.548. The van der Waals surface area contributed by atoms with Crippen molar-refractivity contribution in [2.45, 2.75) is 72.1 Å². The summed E-state index contributed by atoms with van der Waals surface area (Å²) in [5, 5.41) is 27.8. The number of rotatable bonds is 4. The average Bonchev–Trinajstić information content (AvgIpc) is 3.58. The molecule has 184 valence electrons. The Kier molecular flexibility index (Phi) is 9.74. The van der Waals surface area contributed by atoms with E-state index < -0.39 is 0 Å². The highest BCUT2D eigenvalue weighted by Gasteiger charge is 2.21. The Morgan fingerprint density at radius 3 is 2.51 bits per heavy atom. The van der Waals surface area contributed by atoms with Gasteiger partial charge < -0.3 is 5.32 Å². The van der Waals surface area contributed by atoms with Gasteiger partial charge in [-0.25, -0.2) is 4.52 Å². The third kappa shape index (κ3) is 6.04. The molecule has 4 heterocycles. The second kappa shape index (κ2) is 13.0. The van der Waals surface area contributed by atoms with Crippen LogP contribution >= 0.6 is 11.3 Å². The fourth-order valence-electron chi connectivity index (χ4n) is 4.08. The fourth-order valence-corrected chi connectivity index (χ4v) is 5.12. The quantitative estimate of drug-likeness (QED) is 0.323. The van der Waals surface area contributed by atoms with Gasteiger partial charge in [0.15, 0.2) is 5.01 Å². The molecular weight excluding hydrogens is 454 g/mol. The van der Waals surface area contributed by atoms with Crippen LogP contribution in [0.1, 0.15) is 82.7 Å². The van der Waals surface area contributed by atoms with Crippen molar-refractivity contribution in [2.24, 2.45) is 0 Å². The zero-order valence-electron chi connectivity index (χ0n) is 21.4.